The molecule has 0 radical (unpaired) electrons. The lowest BCUT2D eigenvalue weighted by Crippen LogP contribution is -2.06. The molecule has 0 atom stereocenters. The van der Waals surface area contributed by atoms with E-state index in [4.69, 9.17) is 9.47 Å². The molecule has 0 aliphatic carbocycles. The summed E-state index contributed by atoms with van der Waals surface area (Å²) < 4.78 is 52.5. The number of benzene rings is 2. The average molecular weight is 364 g/mol. The Bertz CT molecular complexity index is 932. The van der Waals surface area contributed by atoms with Crippen LogP contribution >= 0.6 is 0 Å². The lowest BCUT2D eigenvalue weighted by atomic mass is 10.0. The Morgan fingerprint density at radius 1 is 1.08 bits per heavy atom. The highest BCUT2D eigenvalue weighted by atomic mass is 19.4. The van der Waals surface area contributed by atoms with Crippen molar-refractivity contribution in [1.29, 1.82) is 0 Å². The fraction of sp³-hybridized carbons (Fsp3) is 0.316. The zero-order valence-corrected chi connectivity index (χ0v) is 14.7. The molecule has 1 heterocycles. The zero-order valence-electron chi connectivity index (χ0n) is 14.7. The van der Waals surface area contributed by atoms with Gasteiger partial charge in [0, 0.05) is 23.6 Å². The molecule has 0 spiro atoms. The first-order chi connectivity index (χ1) is 12.4. The van der Waals surface area contributed by atoms with Gasteiger partial charge in [-0.1, -0.05) is 19.1 Å². The standard InChI is InChI=1S/C19H19F3N2O2/c1-4-10-24-18(13-9-8-12(25-2)11-16(13)26-3)14-6-5-7-15(17(14)23-24)19(20,21)22/h5-9,11H,4,10H2,1-3H3. The van der Waals surface area contributed by atoms with Crippen LogP contribution in [0.3, 0.4) is 0 Å². The predicted octanol–water partition coefficient (Wildman–Crippen LogP) is 5.15. The summed E-state index contributed by atoms with van der Waals surface area (Å²) in [5.41, 5.74) is 0.482. The zero-order chi connectivity index (χ0) is 18.9. The lowest BCUT2D eigenvalue weighted by Gasteiger charge is -2.12. The molecule has 3 rings (SSSR count). The minimum absolute atomic E-state index is 0.0543. The van der Waals surface area contributed by atoms with Crippen LogP contribution in [-0.4, -0.2) is 24.0 Å². The molecule has 0 saturated carbocycles. The highest BCUT2D eigenvalue weighted by molar-refractivity contribution is 5.96. The second kappa shape index (κ2) is 6.90. The van der Waals surface area contributed by atoms with E-state index in [2.05, 4.69) is 5.10 Å². The molecule has 0 aliphatic heterocycles. The van der Waals surface area contributed by atoms with Crippen molar-refractivity contribution in [3.05, 3.63) is 42.0 Å². The minimum Gasteiger partial charge on any atom is -0.497 e. The maximum Gasteiger partial charge on any atom is 0.418 e. The number of hydrogen-bond donors (Lipinski definition) is 0. The molecule has 0 fully saturated rings. The smallest absolute Gasteiger partial charge is 0.418 e. The number of halogens is 3. The van der Waals surface area contributed by atoms with Gasteiger partial charge in [-0.2, -0.15) is 18.3 Å². The number of rotatable bonds is 5. The van der Waals surface area contributed by atoms with Crippen LogP contribution in [0.2, 0.25) is 0 Å². The van der Waals surface area contributed by atoms with E-state index in [-0.39, 0.29) is 5.52 Å². The first-order valence-corrected chi connectivity index (χ1v) is 8.19. The summed E-state index contributed by atoms with van der Waals surface area (Å²) in [4.78, 5) is 0. The number of nitrogens with zero attached hydrogens (tertiary/aromatic N) is 2. The summed E-state index contributed by atoms with van der Waals surface area (Å²) in [7, 11) is 3.06. The summed E-state index contributed by atoms with van der Waals surface area (Å²) in [6, 6.07) is 9.35. The number of ether oxygens (including phenoxy) is 2. The molecule has 2 aromatic carbocycles. The van der Waals surface area contributed by atoms with Crippen molar-refractivity contribution < 1.29 is 22.6 Å². The van der Waals surface area contributed by atoms with Crippen LogP contribution in [0.4, 0.5) is 13.2 Å². The van der Waals surface area contributed by atoms with Crippen molar-refractivity contribution in [3.63, 3.8) is 0 Å². The average Bonchev–Trinajstić information content (AvgIpc) is 2.98. The van der Waals surface area contributed by atoms with Gasteiger partial charge in [-0.3, -0.25) is 4.68 Å². The SMILES string of the molecule is CCCn1nc2c(C(F)(F)F)cccc2c1-c1ccc(OC)cc1OC. The van der Waals surface area contributed by atoms with Gasteiger partial charge in [0.1, 0.15) is 17.0 Å². The van der Waals surface area contributed by atoms with Gasteiger partial charge < -0.3 is 9.47 Å². The topological polar surface area (TPSA) is 36.3 Å². The van der Waals surface area contributed by atoms with E-state index in [1.165, 1.54) is 13.2 Å². The summed E-state index contributed by atoms with van der Waals surface area (Å²) in [6.07, 6.45) is -3.73. The third kappa shape index (κ3) is 3.09. The molecule has 0 N–H and O–H groups in total. The van der Waals surface area contributed by atoms with Crippen LogP contribution in [0.1, 0.15) is 18.9 Å². The second-order valence-corrected chi connectivity index (χ2v) is 5.84. The largest absolute Gasteiger partial charge is 0.497 e. The molecule has 7 heteroatoms. The second-order valence-electron chi connectivity index (χ2n) is 5.84. The number of alkyl halides is 3. The third-order valence-corrected chi connectivity index (χ3v) is 4.17. The predicted molar refractivity (Wildman–Crippen MR) is 93.6 cm³/mol. The van der Waals surface area contributed by atoms with E-state index >= 15 is 0 Å². The van der Waals surface area contributed by atoms with Gasteiger partial charge in [-0.25, -0.2) is 0 Å². The van der Waals surface area contributed by atoms with Gasteiger partial charge in [0.15, 0.2) is 0 Å². The van der Waals surface area contributed by atoms with Gasteiger partial charge >= 0.3 is 6.18 Å². The quantitative estimate of drug-likeness (QED) is 0.628. The number of aryl methyl sites for hydroxylation is 1. The molecule has 4 nitrogen and oxygen atoms in total. The molecular formula is C19H19F3N2O2. The van der Waals surface area contributed by atoms with Crippen molar-refractivity contribution >= 4 is 10.9 Å². The number of aromatic nitrogens is 2. The van der Waals surface area contributed by atoms with E-state index < -0.39 is 11.7 Å². The minimum atomic E-state index is -4.47. The van der Waals surface area contributed by atoms with Crippen LogP contribution in [0.15, 0.2) is 36.4 Å². The molecular weight excluding hydrogens is 345 g/mol. The Hall–Kier alpha value is -2.70. The number of hydrogen-bond acceptors (Lipinski definition) is 3. The van der Waals surface area contributed by atoms with E-state index in [1.807, 2.05) is 6.92 Å². The molecule has 0 aliphatic rings. The Kier molecular flexibility index (Phi) is 4.80. The van der Waals surface area contributed by atoms with Gasteiger partial charge in [-0.15, -0.1) is 0 Å². The normalized spacial score (nSPS) is 11.8. The Balaban J connectivity index is 2.33. The van der Waals surface area contributed by atoms with Crippen LogP contribution in [0.25, 0.3) is 22.2 Å². The van der Waals surface area contributed by atoms with E-state index in [0.717, 1.165) is 12.5 Å². The monoisotopic (exact) mass is 364 g/mol. The Morgan fingerprint density at radius 2 is 1.85 bits per heavy atom. The maximum absolute atomic E-state index is 13.4. The van der Waals surface area contributed by atoms with Gasteiger partial charge in [0.05, 0.1) is 25.5 Å². The van der Waals surface area contributed by atoms with Crippen molar-refractivity contribution in [2.45, 2.75) is 26.1 Å². The first kappa shape index (κ1) is 18.1. The summed E-state index contributed by atoms with van der Waals surface area (Å²) in [6.45, 7) is 2.45. The highest BCUT2D eigenvalue weighted by Gasteiger charge is 2.34. The van der Waals surface area contributed by atoms with Crippen LogP contribution in [-0.2, 0) is 12.7 Å². The summed E-state index contributed by atoms with van der Waals surface area (Å²) in [5, 5.41) is 4.71. The molecule has 138 valence electrons. The molecule has 26 heavy (non-hydrogen) atoms. The van der Waals surface area contributed by atoms with E-state index in [0.29, 0.717) is 34.7 Å². The molecule has 0 bridgehead atoms. The van der Waals surface area contributed by atoms with Gasteiger partial charge in [0.25, 0.3) is 0 Å². The molecule has 1 aromatic heterocycles. The number of methoxy groups -OCH3 is 2. The van der Waals surface area contributed by atoms with Crippen LogP contribution < -0.4 is 9.47 Å². The summed E-state index contributed by atoms with van der Waals surface area (Å²) >= 11 is 0. The van der Waals surface area contributed by atoms with Gasteiger partial charge in [-0.05, 0) is 24.6 Å². The molecule has 0 amide bonds. The lowest BCUT2D eigenvalue weighted by molar-refractivity contribution is -0.136. The van der Waals surface area contributed by atoms with Crippen molar-refractivity contribution in [1.82, 2.24) is 9.78 Å². The Morgan fingerprint density at radius 3 is 2.46 bits per heavy atom. The van der Waals surface area contributed by atoms with Crippen molar-refractivity contribution in [3.8, 4) is 22.8 Å². The fourth-order valence-electron chi connectivity index (χ4n) is 3.03. The number of fused-ring (bicyclic) bond motifs is 1. The first-order valence-electron chi connectivity index (χ1n) is 8.19. The Labute approximate surface area is 149 Å². The van der Waals surface area contributed by atoms with Crippen molar-refractivity contribution in [2.24, 2.45) is 0 Å². The summed E-state index contributed by atoms with van der Waals surface area (Å²) in [5.74, 6) is 1.12. The third-order valence-electron chi connectivity index (χ3n) is 4.17. The van der Waals surface area contributed by atoms with Gasteiger partial charge in [0.2, 0.25) is 0 Å². The molecule has 0 saturated heterocycles. The van der Waals surface area contributed by atoms with Crippen molar-refractivity contribution in [2.75, 3.05) is 14.2 Å². The van der Waals surface area contributed by atoms with E-state index in [1.54, 1.807) is 36.1 Å². The maximum atomic E-state index is 13.4. The molecule has 0 unspecified atom stereocenters. The van der Waals surface area contributed by atoms with Crippen LogP contribution in [0, 0.1) is 0 Å². The van der Waals surface area contributed by atoms with Crippen LogP contribution in [0.5, 0.6) is 11.5 Å². The highest BCUT2D eigenvalue weighted by Crippen LogP contribution is 2.41. The molecule has 3 aromatic rings. The van der Waals surface area contributed by atoms with E-state index in [9.17, 15) is 13.2 Å². The fourth-order valence-corrected chi connectivity index (χ4v) is 3.03.